The molecule has 0 amide bonds. The van der Waals surface area contributed by atoms with Crippen molar-refractivity contribution in [3.05, 3.63) is 35.4 Å². The Labute approximate surface area is 108 Å². The Kier molecular flexibility index (Phi) is 5.69. The number of rotatable bonds is 6. The van der Waals surface area contributed by atoms with Gasteiger partial charge in [-0.3, -0.25) is 0 Å². The maximum absolute atomic E-state index is 13.6. The lowest BCUT2D eigenvalue weighted by molar-refractivity contribution is 0.351. The van der Waals surface area contributed by atoms with Gasteiger partial charge in [-0.2, -0.15) is 0 Å². The fraction of sp³-hybridized carbons (Fsp3) is 0.571. The van der Waals surface area contributed by atoms with E-state index in [1.165, 1.54) is 6.07 Å². The van der Waals surface area contributed by atoms with Crippen LogP contribution < -0.4 is 5.32 Å². The first-order valence-corrected chi connectivity index (χ1v) is 6.26. The van der Waals surface area contributed by atoms with Gasteiger partial charge in [-0.25, -0.2) is 8.78 Å². The van der Waals surface area contributed by atoms with Gasteiger partial charge < -0.3 is 10.2 Å². The Morgan fingerprint density at radius 2 is 1.89 bits per heavy atom. The highest BCUT2D eigenvalue weighted by molar-refractivity contribution is 5.22. The zero-order chi connectivity index (χ0) is 13.7. The van der Waals surface area contributed by atoms with Crippen LogP contribution in [0.15, 0.2) is 18.2 Å². The number of nitrogens with one attached hydrogen (secondary N) is 1. The van der Waals surface area contributed by atoms with Gasteiger partial charge >= 0.3 is 0 Å². The molecule has 1 aromatic carbocycles. The molecule has 0 aromatic heterocycles. The molecule has 0 spiro atoms. The van der Waals surface area contributed by atoms with Crippen LogP contribution in [0.5, 0.6) is 0 Å². The van der Waals surface area contributed by atoms with Gasteiger partial charge in [0.15, 0.2) is 11.6 Å². The smallest absolute Gasteiger partial charge is 0.163 e. The first-order valence-electron chi connectivity index (χ1n) is 6.26. The van der Waals surface area contributed by atoms with Crippen LogP contribution in [0, 0.1) is 11.6 Å². The average Bonchev–Trinajstić information content (AvgIpc) is 2.30. The summed E-state index contributed by atoms with van der Waals surface area (Å²) in [5.74, 6) is -1.54. The summed E-state index contributed by atoms with van der Waals surface area (Å²) >= 11 is 0. The number of hydrogen-bond acceptors (Lipinski definition) is 2. The van der Waals surface area contributed by atoms with E-state index in [-0.39, 0.29) is 12.1 Å². The van der Waals surface area contributed by atoms with Crippen LogP contribution in [-0.4, -0.2) is 31.6 Å². The molecule has 2 nitrogen and oxygen atoms in total. The van der Waals surface area contributed by atoms with Gasteiger partial charge in [0.25, 0.3) is 0 Å². The zero-order valence-corrected chi connectivity index (χ0v) is 11.5. The average molecular weight is 256 g/mol. The van der Waals surface area contributed by atoms with Gasteiger partial charge in [0.2, 0.25) is 0 Å². The monoisotopic (exact) mass is 256 g/mol. The van der Waals surface area contributed by atoms with Gasteiger partial charge in [0.1, 0.15) is 0 Å². The van der Waals surface area contributed by atoms with Gasteiger partial charge in [-0.15, -0.1) is 0 Å². The van der Waals surface area contributed by atoms with E-state index in [4.69, 9.17) is 0 Å². The molecule has 4 heteroatoms. The molecule has 1 rings (SSSR count). The van der Waals surface area contributed by atoms with E-state index in [0.717, 1.165) is 19.0 Å². The Bertz CT molecular complexity index is 380. The molecule has 0 saturated heterocycles. The molecule has 18 heavy (non-hydrogen) atoms. The Balaban J connectivity index is 2.59. The second kappa shape index (κ2) is 6.81. The molecule has 0 aliphatic carbocycles. The molecule has 0 heterocycles. The quantitative estimate of drug-likeness (QED) is 0.842. The molecule has 1 aromatic rings. The van der Waals surface area contributed by atoms with Crippen molar-refractivity contribution >= 4 is 0 Å². The Hall–Kier alpha value is -1.00. The fourth-order valence-electron chi connectivity index (χ4n) is 1.91. The van der Waals surface area contributed by atoms with Crippen molar-refractivity contribution < 1.29 is 8.78 Å². The van der Waals surface area contributed by atoms with E-state index in [1.807, 2.05) is 21.0 Å². The van der Waals surface area contributed by atoms with Gasteiger partial charge in [0, 0.05) is 17.6 Å². The van der Waals surface area contributed by atoms with Crippen molar-refractivity contribution in [1.29, 1.82) is 0 Å². The van der Waals surface area contributed by atoms with Crippen LogP contribution in [0.25, 0.3) is 0 Å². The van der Waals surface area contributed by atoms with Crippen molar-refractivity contribution in [2.75, 3.05) is 20.6 Å². The maximum Gasteiger partial charge on any atom is 0.163 e. The summed E-state index contributed by atoms with van der Waals surface area (Å²) in [6, 6.07) is 4.36. The highest BCUT2D eigenvalue weighted by Gasteiger charge is 2.15. The molecule has 0 fully saturated rings. The summed E-state index contributed by atoms with van der Waals surface area (Å²) in [5.41, 5.74) is 0.381. The molecular weight excluding hydrogens is 234 g/mol. The third-order valence-electron chi connectivity index (χ3n) is 2.99. The number of halogens is 2. The van der Waals surface area contributed by atoms with Crippen molar-refractivity contribution in [1.82, 2.24) is 10.2 Å². The third-order valence-corrected chi connectivity index (χ3v) is 2.99. The molecule has 102 valence electrons. The van der Waals surface area contributed by atoms with Crippen LogP contribution in [0.4, 0.5) is 8.78 Å². The largest absolute Gasteiger partial charge is 0.309 e. The van der Waals surface area contributed by atoms with Crippen LogP contribution in [0.3, 0.4) is 0 Å². The second-order valence-electron chi connectivity index (χ2n) is 5.02. The van der Waals surface area contributed by atoms with Crippen molar-refractivity contribution in [2.45, 2.75) is 32.4 Å². The Morgan fingerprint density at radius 1 is 1.22 bits per heavy atom. The lowest BCUT2D eigenvalue weighted by atomic mass is 10.1. The second-order valence-corrected chi connectivity index (χ2v) is 5.02. The highest BCUT2D eigenvalue weighted by atomic mass is 19.2. The zero-order valence-electron chi connectivity index (χ0n) is 11.5. The molecule has 0 bridgehead atoms. The van der Waals surface area contributed by atoms with E-state index in [2.05, 4.69) is 17.1 Å². The maximum atomic E-state index is 13.6. The predicted molar refractivity (Wildman–Crippen MR) is 70.5 cm³/mol. The third kappa shape index (κ3) is 4.35. The number of benzene rings is 1. The summed E-state index contributed by atoms with van der Waals surface area (Å²) < 4.78 is 26.7. The van der Waals surface area contributed by atoms with Crippen molar-refractivity contribution in [3.63, 3.8) is 0 Å². The van der Waals surface area contributed by atoms with Crippen LogP contribution in [-0.2, 0) is 0 Å². The fourth-order valence-corrected chi connectivity index (χ4v) is 1.91. The molecule has 2 unspecified atom stereocenters. The van der Waals surface area contributed by atoms with Crippen molar-refractivity contribution in [2.24, 2.45) is 0 Å². The first kappa shape index (κ1) is 15.1. The lowest BCUT2D eigenvalue weighted by Gasteiger charge is -2.22. The minimum absolute atomic E-state index is 0.196. The molecule has 1 N–H and O–H groups in total. The molecule has 0 saturated carbocycles. The first-order chi connectivity index (χ1) is 8.41. The summed E-state index contributed by atoms with van der Waals surface area (Å²) in [4.78, 5) is 2.10. The normalized spacial score (nSPS) is 14.8. The van der Waals surface area contributed by atoms with E-state index >= 15 is 0 Å². The van der Waals surface area contributed by atoms with E-state index in [0.29, 0.717) is 5.56 Å². The molecule has 0 aliphatic rings. The lowest BCUT2D eigenvalue weighted by Crippen LogP contribution is -2.32. The summed E-state index contributed by atoms with van der Waals surface area (Å²) in [6.07, 6.45) is 0.967. The van der Waals surface area contributed by atoms with E-state index in [1.54, 1.807) is 6.07 Å². The van der Waals surface area contributed by atoms with Crippen LogP contribution in [0.1, 0.15) is 31.9 Å². The molecular formula is C14H22F2N2. The minimum atomic E-state index is -0.790. The molecule has 0 radical (unpaired) electrons. The van der Waals surface area contributed by atoms with E-state index < -0.39 is 11.6 Å². The van der Waals surface area contributed by atoms with Crippen molar-refractivity contribution in [3.8, 4) is 0 Å². The van der Waals surface area contributed by atoms with Crippen LogP contribution >= 0.6 is 0 Å². The molecule has 0 aliphatic heterocycles. The predicted octanol–water partition coefficient (Wildman–Crippen LogP) is 2.96. The summed E-state index contributed by atoms with van der Waals surface area (Å²) in [7, 11) is 4.03. The summed E-state index contributed by atoms with van der Waals surface area (Å²) in [6.45, 7) is 4.87. The highest BCUT2D eigenvalue weighted by Crippen LogP contribution is 2.19. The van der Waals surface area contributed by atoms with Gasteiger partial charge in [0.05, 0.1) is 0 Å². The number of nitrogens with zero attached hydrogens (tertiary/aromatic N) is 1. The van der Waals surface area contributed by atoms with Gasteiger partial charge in [-0.1, -0.05) is 12.1 Å². The standard InChI is InChI=1S/C14H22F2N2/c1-10(8-9-18(3)4)17-11(2)12-6-5-7-13(15)14(12)16/h5-7,10-11,17H,8-9H2,1-4H3. The number of hydrogen-bond donors (Lipinski definition) is 1. The molecule has 2 atom stereocenters. The summed E-state index contributed by atoms with van der Waals surface area (Å²) in [5, 5.41) is 3.29. The Morgan fingerprint density at radius 3 is 2.50 bits per heavy atom. The minimum Gasteiger partial charge on any atom is -0.309 e. The van der Waals surface area contributed by atoms with Gasteiger partial charge in [-0.05, 0) is 47.0 Å². The van der Waals surface area contributed by atoms with Crippen LogP contribution in [0.2, 0.25) is 0 Å². The topological polar surface area (TPSA) is 15.3 Å². The van der Waals surface area contributed by atoms with E-state index in [9.17, 15) is 8.78 Å². The SMILES string of the molecule is CC(CCN(C)C)NC(C)c1cccc(F)c1F.